The van der Waals surface area contributed by atoms with Gasteiger partial charge in [-0.25, -0.2) is 0 Å². The number of carbonyl (C=O) groups is 1. The molecule has 22 heavy (non-hydrogen) atoms. The third-order valence-corrected chi connectivity index (χ3v) is 3.15. The zero-order chi connectivity index (χ0) is 17.8. The molecule has 1 N–H and O–H groups in total. The van der Waals surface area contributed by atoms with Crippen LogP contribution in [0, 0.1) is 5.41 Å². The highest BCUT2D eigenvalue weighted by molar-refractivity contribution is 5.75. The van der Waals surface area contributed by atoms with Crippen LogP contribution in [-0.2, 0) is 14.3 Å². The maximum atomic E-state index is 12.3. The zero-order valence-electron chi connectivity index (χ0n) is 12.3. The third-order valence-electron chi connectivity index (χ3n) is 3.15. The Labute approximate surface area is 123 Å². The molecule has 0 saturated heterocycles. The summed E-state index contributed by atoms with van der Waals surface area (Å²) in [5, 5.41) is 8.78. The number of halogens is 6. The molecule has 0 radical (unpaired) electrons. The molecule has 0 fully saturated rings. The number of hydrogen-bond acceptors (Lipinski definition) is 4. The lowest BCUT2D eigenvalue weighted by atomic mass is 9.91. The van der Waals surface area contributed by atoms with Gasteiger partial charge in [-0.05, 0) is 20.3 Å². The number of carbonyl (C=O) groups excluding carboxylic acids is 1. The van der Waals surface area contributed by atoms with Crippen LogP contribution >= 0.6 is 0 Å². The number of rotatable bonds is 7. The smallest absolute Gasteiger partial charge is 0.428 e. The van der Waals surface area contributed by atoms with Gasteiger partial charge < -0.3 is 14.6 Å². The molecule has 0 spiro atoms. The van der Waals surface area contributed by atoms with Gasteiger partial charge in [0.05, 0.1) is 18.6 Å². The lowest BCUT2D eigenvalue weighted by molar-refractivity contribution is -0.378. The molecule has 0 aromatic rings. The maximum absolute atomic E-state index is 12.3. The van der Waals surface area contributed by atoms with Crippen molar-refractivity contribution in [1.82, 2.24) is 0 Å². The Morgan fingerprint density at radius 1 is 1.00 bits per heavy atom. The Bertz CT molecular complexity index is 361. The van der Waals surface area contributed by atoms with Crippen molar-refractivity contribution >= 4 is 5.97 Å². The summed E-state index contributed by atoms with van der Waals surface area (Å²) in [7, 11) is 0. The average Bonchev–Trinajstić information content (AvgIpc) is 2.34. The second kappa shape index (κ2) is 7.03. The summed E-state index contributed by atoms with van der Waals surface area (Å²) < 4.78 is 82.7. The predicted octanol–water partition coefficient (Wildman–Crippen LogP) is 2.84. The van der Waals surface area contributed by atoms with Crippen LogP contribution in [0.1, 0.15) is 27.2 Å². The van der Waals surface area contributed by atoms with Crippen molar-refractivity contribution in [3.8, 4) is 0 Å². The number of esters is 1. The first-order valence-corrected chi connectivity index (χ1v) is 6.30. The molecule has 0 atom stereocenters. The first kappa shape index (κ1) is 21.0. The van der Waals surface area contributed by atoms with Crippen molar-refractivity contribution < 1.29 is 45.7 Å². The summed E-state index contributed by atoms with van der Waals surface area (Å²) in [6.45, 7) is 1.60. The van der Waals surface area contributed by atoms with E-state index in [0.29, 0.717) is 6.42 Å². The summed E-state index contributed by atoms with van der Waals surface area (Å²) in [5.41, 5.74) is -5.79. The second-order valence-corrected chi connectivity index (χ2v) is 5.28. The lowest BCUT2D eigenvalue weighted by Crippen LogP contribution is -2.60. The van der Waals surface area contributed by atoms with Crippen molar-refractivity contribution in [2.45, 2.75) is 45.1 Å². The zero-order valence-corrected chi connectivity index (χ0v) is 12.3. The molecule has 0 amide bonds. The van der Waals surface area contributed by atoms with Crippen LogP contribution in [0.4, 0.5) is 26.3 Å². The molecule has 0 aliphatic heterocycles. The van der Waals surface area contributed by atoms with E-state index in [4.69, 9.17) is 5.11 Å². The number of hydrogen-bond donors (Lipinski definition) is 1. The third kappa shape index (κ3) is 5.01. The van der Waals surface area contributed by atoms with Gasteiger partial charge in [-0.15, -0.1) is 0 Å². The molecule has 4 nitrogen and oxygen atoms in total. The fraction of sp³-hybridized carbons (Fsp3) is 0.917. The number of ether oxygens (including phenoxy) is 2. The maximum Gasteiger partial charge on any atom is 0.428 e. The highest BCUT2D eigenvalue weighted by Crippen LogP contribution is 2.43. The fourth-order valence-corrected chi connectivity index (χ4v) is 1.08. The van der Waals surface area contributed by atoms with Crippen molar-refractivity contribution in [1.29, 1.82) is 0 Å². The fourth-order valence-electron chi connectivity index (χ4n) is 1.08. The van der Waals surface area contributed by atoms with Crippen LogP contribution in [0.5, 0.6) is 0 Å². The Kier molecular flexibility index (Phi) is 6.70. The SMILES string of the molecule is CCC(C)(C)C(=O)OCCOCC(O)(C(F)(F)F)C(F)(F)F. The van der Waals surface area contributed by atoms with E-state index in [-0.39, 0.29) is 0 Å². The molecule has 0 aliphatic carbocycles. The van der Waals surface area contributed by atoms with Crippen LogP contribution in [0.15, 0.2) is 0 Å². The highest BCUT2D eigenvalue weighted by Gasteiger charge is 2.70. The van der Waals surface area contributed by atoms with Crippen molar-refractivity contribution in [2.75, 3.05) is 19.8 Å². The number of aliphatic hydroxyl groups is 1. The largest absolute Gasteiger partial charge is 0.463 e. The van der Waals surface area contributed by atoms with Crippen LogP contribution < -0.4 is 0 Å². The first-order chi connectivity index (χ1) is 9.69. The Hall–Kier alpha value is -1.03. The van der Waals surface area contributed by atoms with E-state index >= 15 is 0 Å². The summed E-state index contributed by atoms with van der Waals surface area (Å²) in [5.74, 6) is -0.652. The molecule has 0 saturated carbocycles. The van der Waals surface area contributed by atoms with E-state index in [1.54, 1.807) is 20.8 Å². The molecule has 10 heteroatoms. The molecule has 0 aliphatic rings. The van der Waals surface area contributed by atoms with Gasteiger partial charge in [-0.2, -0.15) is 26.3 Å². The molecule has 0 unspecified atom stereocenters. The normalized spacial score (nSPS) is 14.1. The second-order valence-electron chi connectivity index (χ2n) is 5.28. The van der Waals surface area contributed by atoms with E-state index in [1.807, 2.05) is 0 Å². The summed E-state index contributed by atoms with van der Waals surface area (Å²) in [6, 6.07) is 0. The molecule has 0 aromatic heterocycles. The quantitative estimate of drug-likeness (QED) is 0.440. The first-order valence-electron chi connectivity index (χ1n) is 6.30. The monoisotopic (exact) mass is 340 g/mol. The molecule has 0 aromatic carbocycles. The Balaban J connectivity index is 4.43. The van der Waals surface area contributed by atoms with Gasteiger partial charge in [0, 0.05) is 0 Å². The summed E-state index contributed by atoms with van der Waals surface area (Å²) in [6.07, 6.45) is -11.4. The molecule has 0 heterocycles. The predicted molar refractivity (Wildman–Crippen MR) is 62.9 cm³/mol. The molecular formula is C12H18F6O4. The Morgan fingerprint density at radius 2 is 1.45 bits per heavy atom. The van der Waals surface area contributed by atoms with Crippen LogP contribution in [0.2, 0.25) is 0 Å². The molecule has 132 valence electrons. The average molecular weight is 340 g/mol. The minimum absolute atomic E-state index is 0.439. The van der Waals surface area contributed by atoms with Crippen molar-refractivity contribution in [3.63, 3.8) is 0 Å². The van der Waals surface area contributed by atoms with Crippen LogP contribution in [-0.4, -0.2) is 48.9 Å². The van der Waals surface area contributed by atoms with E-state index in [2.05, 4.69) is 9.47 Å². The van der Waals surface area contributed by atoms with Crippen molar-refractivity contribution in [3.05, 3.63) is 0 Å². The summed E-state index contributed by atoms with van der Waals surface area (Å²) in [4.78, 5) is 11.5. The van der Waals surface area contributed by atoms with Gasteiger partial charge in [-0.1, -0.05) is 6.92 Å². The van der Waals surface area contributed by atoms with E-state index in [1.165, 1.54) is 0 Å². The minimum Gasteiger partial charge on any atom is -0.463 e. The van der Waals surface area contributed by atoms with E-state index in [9.17, 15) is 31.1 Å². The van der Waals surface area contributed by atoms with Crippen LogP contribution in [0.25, 0.3) is 0 Å². The van der Waals surface area contributed by atoms with Gasteiger partial charge in [-0.3, -0.25) is 4.79 Å². The standard InChI is InChI=1S/C12H18F6O4/c1-4-9(2,3)8(19)22-6-5-21-7-10(20,11(13,14)15)12(16,17)18/h20H,4-7H2,1-3H3. The van der Waals surface area contributed by atoms with Gasteiger partial charge in [0.25, 0.3) is 5.60 Å². The van der Waals surface area contributed by atoms with Crippen molar-refractivity contribution in [2.24, 2.45) is 5.41 Å². The van der Waals surface area contributed by atoms with E-state index in [0.717, 1.165) is 0 Å². The van der Waals surface area contributed by atoms with Gasteiger partial charge in [0.1, 0.15) is 6.61 Å². The van der Waals surface area contributed by atoms with Gasteiger partial charge in [0.15, 0.2) is 0 Å². The lowest BCUT2D eigenvalue weighted by Gasteiger charge is -2.31. The minimum atomic E-state index is -5.94. The topological polar surface area (TPSA) is 55.8 Å². The Morgan fingerprint density at radius 3 is 1.82 bits per heavy atom. The molecule has 0 bridgehead atoms. The summed E-state index contributed by atoms with van der Waals surface area (Å²) >= 11 is 0. The van der Waals surface area contributed by atoms with Gasteiger partial charge in [0.2, 0.25) is 0 Å². The molecular weight excluding hydrogens is 322 g/mol. The van der Waals surface area contributed by atoms with E-state index < -0.39 is 49.2 Å². The highest BCUT2D eigenvalue weighted by atomic mass is 19.4. The molecule has 0 rings (SSSR count). The van der Waals surface area contributed by atoms with Gasteiger partial charge >= 0.3 is 18.3 Å². The van der Waals surface area contributed by atoms with Crippen LogP contribution in [0.3, 0.4) is 0 Å². The number of alkyl halides is 6.